The molecule has 2 rings (SSSR count). The molecule has 0 saturated heterocycles. The molecule has 0 spiro atoms. The first-order valence-electron chi connectivity index (χ1n) is 7.43. The van der Waals surface area contributed by atoms with Crippen molar-refractivity contribution < 1.29 is 0 Å². The van der Waals surface area contributed by atoms with Gasteiger partial charge in [0, 0.05) is 35.8 Å². The Morgan fingerprint density at radius 3 is 1.33 bits per heavy atom. The summed E-state index contributed by atoms with van der Waals surface area (Å²) in [5.74, 6) is 0. The normalized spacial score (nSPS) is 10.3. The predicted molar refractivity (Wildman–Crippen MR) is 92.5 cm³/mol. The van der Waals surface area contributed by atoms with Gasteiger partial charge >= 0.3 is 0 Å². The van der Waals surface area contributed by atoms with Crippen molar-refractivity contribution in [2.75, 3.05) is 35.2 Å². The number of benzene rings is 2. The van der Waals surface area contributed by atoms with Crippen LogP contribution in [0, 0.1) is 0 Å². The highest BCUT2D eigenvalue weighted by Crippen LogP contribution is 2.12. The number of nitrogens with two attached hydrogens (primary N) is 2. The highest BCUT2D eigenvalue weighted by Gasteiger charge is 1.94. The fourth-order valence-corrected chi connectivity index (χ4v) is 2.09. The fourth-order valence-electron chi connectivity index (χ4n) is 2.09. The summed E-state index contributed by atoms with van der Waals surface area (Å²) in [7, 11) is 0. The van der Waals surface area contributed by atoms with E-state index >= 15 is 0 Å². The van der Waals surface area contributed by atoms with Crippen molar-refractivity contribution in [3.8, 4) is 0 Å². The molecule has 0 aliphatic heterocycles. The monoisotopic (exact) mass is 284 g/mol. The molecule has 0 aliphatic rings. The lowest BCUT2D eigenvalue weighted by atomic mass is 10.2. The third-order valence-electron chi connectivity index (χ3n) is 3.33. The number of hydrogen-bond donors (Lipinski definition) is 4. The summed E-state index contributed by atoms with van der Waals surface area (Å²) in [6, 6.07) is 15.7. The first-order valence-corrected chi connectivity index (χ1v) is 7.43. The van der Waals surface area contributed by atoms with Gasteiger partial charge in [0.25, 0.3) is 0 Å². The molecule has 6 N–H and O–H groups in total. The van der Waals surface area contributed by atoms with E-state index in [9.17, 15) is 0 Å². The molecule has 2 aromatic rings. The third-order valence-corrected chi connectivity index (χ3v) is 3.33. The zero-order valence-corrected chi connectivity index (χ0v) is 12.3. The Labute approximate surface area is 126 Å². The van der Waals surface area contributed by atoms with E-state index in [-0.39, 0.29) is 0 Å². The molecule has 0 heterocycles. The van der Waals surface area contributed by atoms with Crippen molar-refractivity contribution in [2.45, 2.75) is 19.3 Å². The smallest absolute Gasteiger partial charge is 0.0341 e. The van der Waals surface area contributed by atoms with Gasteiger partial charge in [-0.05, 0) is 67.8 Å². The Morgan fingerprint density at radius 2 is 0.952 bits per heavy atom. The summed E-state index contributed by atoms with van der Waals surface area (Å²) >= 11 is 0. The molecule has 0 atom stereocenters. The van der Waals surface area contributed by atoms with Crippen LogP contribution in [-0.4, -0.2) is 13.1 Å². The largest absolute Gasteiger partial charge is 0.399 e. The third kappa shape index (κ3) is 5.65. The molecule has 0 saturated carbocycles. The number of anilines is 4. The Balaban J connectivity index is 1.52. The number of nitrogen functional groups attached to an aromatic ring is 2. The van der Waals surface area contributed by atoms with Crippen molar-refractivity contribution in [1.82, 2.24) is 0 Å². The minimum absolute atomic E-state index is 0.800. The molecule has 112 valence electrons. The Hall–Kier alpha value is -2.36. The lowest BCUT2D eigenvalue weighted by Crippen LogP contribution is -2.04. The standard InChI is InChI=1S/C17H24N4/c18-14-4-8-16(9-5-14)20-12-2-1-3-13-21-17-10-6-15(19)7-11-17/h4-11,20-21H,1-3,12-13,18-19H2. The molecule has 0 bridgehead atoms. The summed E-state index contributed by atoms with van der Waals surface area (Å²) in [5, 5.41) is 6.79. The Morgan fingerprint density at radius 1 is 0.571 bits per heavy atom. The van der Waals surface area contributed by atoms with E-state index in [2.05, 4.69) is 10.6 Å². The van der Waals surface area contributed by atoms with E-state index in [0.717, 1.165) is 48.7 Å². The van der Waals surface area contributed by atoms with Gasteiger partial charge < -0.3 is 22.1 Å². The van der Waals surface area contributed by atoms with Gasteiger partial charge in [-0.3, -0.25) is 0 Å². The van der Waals surface area contributed by atoms with E-state index in [4.69, 9.17) is 11.5 Å². The molecular weight excluding hydrogens is 260 g/mol. The van der Waals surface area contributed by atoms with Crippen molar-refractivity contribution >= 4 is 22.7 Å². The van der Waals surface area contributed by atoms with E-state index in [0.29, 0.717) is 0 Å². The summed E-state index contributed by atoms with van der Waals surface area (Å²) in [6.45, 7) is 1.98. The van der Waals surface area contributed by atoms with Gasteiger partial charge in [0.15, 0.2) is 0 Å². The zero-order chi connectivity index (χ0) is 14.9. The van der Waals surface area contributed by atoms with Crippen LogP contribution in [0.2, 0.25) is 0 Å². The SMILES string of the molecule is Nc1ccc(NCCCCCNc2ccc(N)cc2)cc1. The zero-order valence-electron chi connectivity index (χ0n) is 12.3. The second-order valence-electron chi connectivity index (χ2n) is 5.16. The van der Waals surface area contributed by atoms with Gasteiger partial charge in [0.2, 0.25) is 0 Å². The Bertz CT molecular complexity index is 470. The lowest BCUT2D eigenvalue weighted by molar-refractivity contribution is 0.721. The summed E-state index contributed by atoms with van der Waals surface area (Å²) in [4.78, 5) is 0. The minimum Gasteiger partial charge on any atom is -0.399 e. The van der Waals surface area contributed by atoms with E-state index in [1.54, 1.807) is 0 Å². The fraction of sp³-hybridized carbons (Fsp3) is 0.294. The molecule has 4 heteroatoms. The first-order chi connectivity index (χ1) is 10.2. The summed E-state index contributed by atoms with van der Waals surface area (Å²) in [5.41, 5.74) is 15.2. The van der Waals surface area contributed by atoms with Gasteiger partial charge in [0.1, 0.15) is 0 Å². The number of hydrogen-bond acceptors (Lipinski definition) is 4. The molecule has 0 amide bonds. The van der Waals surface area contributed by atoms with Crippen LogP contribution in [0.25, 0.3) is 0 Å². The van der Waals surface area contributed by atoms with Crippen LogP contribution in [0.1, 0.15) is 19.3 Å². The van der Waals surface area contributed by atoms with Gasteiger partial charge in [-0.25, -0.2) is 0 Å². The average Bonchev–Trinajstić information content (AvgIpc) is 2.50. The van der Waals surface area contributed by atoms with Gasteiger partial charge in [-0.1, -0.05) is 0 Å². The van der Waals surface area contributed by atoms with Crippen LogP contribution >= 0.6 is 0 Å². The van der Waals surface area contributed by atoms with Crippen LogP contribution < -0.4 is 22.1 Å². The summed E-state index contributed by atoms with van der Waals surface area (Å²) < 4.78 is 0. The van der Waals surface area contributed by atoms with E-state index in [1.807, 2.05) is 48.5 Å². The molecule has 4 nitrogen and oxygen atoms in total. The molecule has 21 heavy (non-hydrogen) atoms. The van der Waals surface area contributed by atoms with Crippen LogP contribution in [0.4, 0.5) is 22.7 Å². The molecular formula is C17H24N4. The minimum atomic E-state index is 0.800. The topological polar surface area (TPSA) is 76.1 Å². The molecule has 0 aromatic heterocycles. The van der Waals surface area contributed by atoms with Crippen LogP contribution in [-0.2, 0) is 0 Å². The second-order valence-corrected chi connectivity index (χ2v) is 5.16. The first kappa shape index (κ1) is 15.0. The number of rotatable bonds is 8. The van der Waals surface area contributed by atoms with Crippen LogP contribution in [0.15, 0.2) is 48.5 Å². The van der Waals surface area contributed by atoms with E-state index < -0.39 is 0 Å². The maximum Gasteiger partial charge on any atom is 0.0341 e. The predicted octanol–water partition coefficient (Wildman–Crippen LogP) is 3.55. The Kier molecular flexibility index (Phi) is 5.76. The second kappa shape index (κ2) is 8.04. The quantitative estimate of drug-likeness (QED) is 0.442. The van der Waals surface area contributed by atoms with Crippen molar-refractivity contribution in [1.29, 1.82) is 0 Å². The summed E-state index contributed by atoms with van der Waals surface area (Å²) in [6.07, 6.45) is 3.52. The van der Waals surface area contributed by atoms with Crippen molar-refractivity contribution in [2.24, 2.45) is 0 Å². The van der Waals surface area contributed by atoms with Crippen molar-refractivity contribution in [3.05, 3.63) is 48.5 Å². The lowest BCUT2D eigenvalue weighted by Gasteiger charge is -2.08. The van der Waals surface area contributed by atoms with Gasteiger partial charge in [-0.2, -0.15) is 0 Å². The molecule has 0 radical (unpaired) electrons. The number of nitrogens with one attached hydrogen (secondary N) is 2. The molecule has 2 aromatic carbocycles. The number of unbranched alkanes of at least 4 members (excludes halogenated alkanes) is 2. The van der Waals surface area contributed by atoms with Gasteiger partial charge in [-0.15, -0.1) is 0 Å². The molecule has 0 unspecified atom stereocenters. The van der Waals surface area contributed by atoms with Gasteiger partial charge in [0.05, 0.1) is 0 Å². The molecule has 0 fully saturated rings. The average molecular weight is 284 g/mol. The van der Waals surface area contributed by atoms with Crippen LogP contribution in [0.5, 0.6) is 0 Å². The maximum atomic E-state index is 5.65. The van der Waals surface area contributed by atoms with E-state index in [1.165, 1.54) is 6.42 Å². The highest BCUT2D eigenvalue weighted by molar-refractivity contribution is 5.51. The maximum absolute atomic E-state index is 5.65. The van der Waals surface area contributed by atoms with Crippen molar-refractivity contribution in [3.63, 3.8) is 0 Å². The molecule has 0 aliphatic carbocycles. The van der Waals surface area contributed by atoms with Crippen LogP contribution in [0.3, 0.4) is 0 Å². The highest BCUT2D eigenvalue weighted by atomic mass is 14.9.